The average molecular weight is 1250 g/mol. The summed E-state index contributed by atoms with van der Waals surface area (Å²) in [6.45, 7) is 16.6. The molecule has 492 valence electrons. The van der Waals surface area contributed by atoms with Gasteiger partial charge in [0.2, 0.25) is 23.0 Å². The molecule has 0 aromatic heterocycles. The fourth-order valence-electron chi connectivity index (χ4n) is 9.48. The lowest BCUT2D eigenvalue weighted by Crippen LogP contribution is -2.63. The van der Waals surface area contributed by atoms with E-state index < -0.39 is 118 Å². The number of benzene rings is 4. The lowest BCUT2D eigenvalue weighted by molar-refractivity contribution is -0.291. The average Bonchev–Trinajstić information content (AvgIpc) is 1.63. The molecular weight excluding hydrogens is 1160 g/mol. The zero-order valence-electron chi connectivity index (χ0n) is 53.2. The summed E-state index contributed by atoms with van der Waals surface area (Å²) < 4.78 is 86.9. The van der Waals surface area contributed by atoms with Crippen LogP contribution in [0.25, 0.3) is 11.1 Å². The zero-order valence-corrected chi connectivity index (χ0v) is 53.2. The van der Waals surface area contributed by atoms with E-state index in [4.69, 9.17) is 66.3 Å². The minimum absolute atomic E-state index is 0.00621. The molecule has 4 N–H and O–H groups in total. The van der Waals surface area contributed by atoms with Gasteiger partial charge in [-0.2, -0.15) is 0 Å². The number of phenols is 4. The molecule has 1 saturated heterocycles. The van der Waals surface area contributed by atoms with E-state index in [1.165, 1.54) is 31.4 Å². The van der Waals surface area contributed by atoms with Crippen LogP contribution < -0.4 is 37.9 Å². The molecule has 89 heavy (non-hydrogen) atoms. The van der Waals surface area contributed by atoms with Gasteiger partial charge in [-0.15, -0.1) is 0 Å². The second-order valence-electron chi connectivity index (χ2n) is 21.7. The molecule has 22 nitrogen and oxygen atoms in total. The molecule has 0 bridgehead atoms. The Bertz CT molecular complexity index is 2880. The van der Waals surface area contributed by atoms with Crippen LogP contribution in [-0.4, -0.2) is 142 Å². The summed E-state index contributed by atoms with van der Waals surface area (Å²) in [5.74, 6) is -7.79. The Morgan fingerprint density at radius 2 is 0.775 bits per heavy atom. The highest BCUT2D eigenvalue weighted by atomic mass is 16.7. The quantitative estimate of drug-likeness (QED) is 0.0185. The number of fused-ring (bicyclic) bond motifs is 4. The van der Waals surface area contributed by atoms with E-state index >= 15 is 14.4 Å². The molecule has 5 atom stereocenters. The maximum Gasteiger partial charge on any atom is 0.339 e. The Morgan fingerprint density at radius 1 is 0.449 bits per heavy atom. The van der Waals surface area contributed by atoms with Gasteiger partial charge in [0.15, 0.2) is 70.6 Å². The van der Waals surface area contributed by atoms with E-state index in [0.717, 1.165) is 50.7 Å². The van der Waals surface area contributed by atoms with Crippen LogP contribution in [0.15, 0.2) is 36.4 Å². The number of methoxy groups -OCH3 is 1. The summed E-state index contributed by atoms with van der Waals surface area (Å²) in [6, 6.07) is 7.56. The largest absolute Gasteiger partial charge is 0.504 e. The van der Waals surface area contributed by atoms with Crippen LogP contribution in [0.1, 0.15) is 200 Å². The standard InChI is InChI=1S/C67H92O22/c1-10-18-26-77-47-34-41(35-48(78-27-19-11-2)58(47)83-32-24-16-7)63(72)88-61-60-51(86-67(76-9)62(61)89-64(73)42-36-49(79-28-20-12-3)59(84-33-25-17-8)50(37-42)80-29-21-13-4)40-85-65(74)43-38-45(68)56(81-30-22-14-5)54(70)52(43)53-44(66(75)87-60)39-46(69)57(55(53)71)82-31-23-15-6/h34-39,51,60-62,67-71H,10-33,40H2,1-9H3/t51?,60-,61+,62?,67-/m1/s1. The van der Waals surface area contributed by atoms with Crippen LogP contribution in [0.2, 0.25) is 0 Å². The van der Waals surface area contributed by atoms with Gasteiger partial charge in [0.05, 0.1) is 75.1 Å². The number of ether oxygens (including phenoxy) is 14. The third-order valence-electron chi connectivity index (χ3n) is 14.6. The predicted octanol–water partition coefficient (Wildman–Crippen LogP) is 13.1. The van der Waals surface area contributed by atoms with Crippen molar-refractivity contribution in [3.63, 3.8) is 0 Å². The van der Waals surface area contributed by atoms with Crippen LogP contribution in [-0.2, 0) is 28.4 Å². The van der Waals surface area contributed by atoms with Gasteiger partial charge in [0.25, 0.3) is 0 Å². The maximum absolute atomic E-state index is 15.4. The van der Waals surface area contributed by atoms with Crippen molar-refractivity contribution >= 4 is 23.9 Å². The van der Waals surface area contributed by atoms with Crippen molar-refractivity contribution < 1.29 is 106 Å². The first kappa shape index (κ1) is 70.4. The number of carbonyl (C=O) groups is 4. The fourth-order valence-corrected chi connectivity index (χ4v) is 9.48. The van der Waals surface area contributed by atoms with Crippen molar-refractivity contribution in [3.05, 3.63) is 58.7 Å². The molecule has 6 rings (SSSR count). The van der Waals surface area contributed by atoms with Gasteiger partial charge in [-0.25, -0.2) is 19.2 Å². The molecule has 2 heterocycles. The third kappa shape index (κ3) is 18.5. The van der Waals surface area contributed by atoms with Crippen LogP contribution in [0, 0.1) is 0 Å². The molecule has 4 aromatic carbocycles. The number of phenolic OH excluding ortho intramolecular Hbond substituents is 4. The summed E-state index contributed by atoms with van der Waals surface area (Å²) in [7, 11) is 1.22. The van der Waals surface area contributed by atoms with Crippen molar-refractivity contribution in [2.45, 2.75) is 189 Å². The fraction of sp³-hybridized carbons (Fsp3) is 0.582. The molecule has 0 aliphatic carbocycles. The number of hydrogen-bond donors (Lipinski definition) is 4. The molecular formula is C67H92O22. The first-order valence-electron chi connectivity index (χ1n) is 31.7. The lowest BCUT2D eigenvalue weighted by atomic mass is 9.91. The van der Waals surface area contributed by atoms with Gasteiger partial charge in [-0.1, -0.05) is 107 Å². The Kier molecular flexibility index (Phi) is 28.5. The van der Waals surface area contributed by atoms with E-state index in [9.17, 15) is 25.2 Å². The molecule has 2 unspecified atom stereocenters. The van der Waals surface area contributed by atoms with E-state index in [0.29, 0.717) is 77.4 Å². The first-order chi connectivity index (χ1) is 43.1. The summed E-state index contributed by atoms with van der Waals surface area (Å²) in [6.07, 6.45) is 2.04. The Morgan fingerprint density at radius 3 is 1.12 bits per heavy atom. The molecule has 0 spiro atoms. The molecule has 4 aromatic rings. The van der Waals surface area contributed by atoms with Gasteiger partial charge in [0, 0.05) is 18.2 Å². The first-order valence-corrected chi connectivity index (χ1v) is 31.7. The van der Waals surface area contributed by atoms with Gasteiger partial charge in [-0.05, 0) is 87.8 Å². The van der Waals surface area contributed by atoms with Crippen LogP contribution in [0.3, 0.4) is 0 Å². The number of unbranched alkanes of at least 4 members (excludes halogenated alkanes) is 8. The number of esters is 4. The topological polar surface area (TPSA) is 278 Å². The molecule has 2 aliphatic heterocycles. The number of carbonyl (C=O) groups excluding carboxylic acids is 4. The molecule has 22 heteroatoms. The van der Waals surface area contributed by atoms with E-state index in [1.54, 1.807) is 0 Å². The highest BCUT2D eigenvalue weighted by molar-refractivity contribution is 6.08. The van der Waals surface area contributed by atoms with Crippen molar-refractivity contribution in [1.82, 2.24) is 0 Å². The summed E-state index contributed by atoms with van der Waals surface area (Å²) in [4.78, 5) is 60.6. The van der Waals surface area contributed by atoms with Gasteiger partial charge in [-0.3, -0.25) is 0 Å². The number of cyclic esters (lactones) is 1. The molecule has 0 amide bonds. The predicted molar refractivity (Wildman–Crippen MR) is 328 cm³/mol. The second-order valence-corrected chi connectivity index (χ2v) is 21.7. The number of aromatic hydroxyl groups is 4. The highest BCUT2D eigenvalue weighted by Crippen LogP contribution is 2.54. The van der Waals surface area contributed by atoms with E-state index in [-0.39, 0.29) is 85.3 Å². The minimum atomic E-state index is -1.95. The van der Waals surface area contributed by atoms with E-state index in [1.807, 2.05) is 55.4 Å². The van der Waals surface area contributed by atoms with Gasteiger partial charge < -0.3 is 86.7 Å². The van der Waals surface area contributed by atoms with Crippen LogP contribution in [0.5, 0.6) is 69.0 Å². The van der Waals surface area contributed by atoms with Crippen molar-refractivity contribution in [2.24, 2.45) is 0 Å². The lowest BCUT2D eigenvalue weighted by Gasteiger charge is -2.44. The highest BCUT2D eigenvalue weighted by Gasteiger charge is 2.54. The minimum Gasteiger partial charge on any atom is -0.504 e. The maximum atomic E-state index is 15.4. The normalized spacial score (nSPS) is 17.1. The smallest absolute Gasteiger partial charge is 0.339 e. The molecule has 1 fully saturated rings. The molecule has 0 radical (unpaired) electrons. The van der Waals surface area contributed by atoms with Crippen molar-refractivity contribution in [1.29, 1.82) is 0 Å². The van der Waals surface area contributed by atoms with E-state index in [2.05, 4.69) is 0 Å². The molecule has 2 aliphatic rings. The van der Waals surface area contributed by atoms with Crippen molar-refractivity contribution in [3.8, 4) is 80.1 Å². The number of hydrogen-bond acceptors (Lipinski definition) is 22. The molecule has 0 saturated carbocycles. The van der Waals surface area contributed by atoms with Gasteiger partial charge in [0.1, 0.15) is 12.7 Å². The zero-order chi connectivity index (χ0) is 64.4. The Balaban J connectivity index is 1.60. The third-order valence-corrected chi connectivity index (χ3v) is 14.6. The van der Waals surface area contributed by atoms with Crippen molar-refractivity contribution in [2.75, 3.05) is 66.6 Å². The summed E-state index contributed by atoms with van der Waals surface area (Å²) >= 11 is 0. The summed E-state index contributed by atoms with van der Waals surface area (Å²) in [5, 5.41) is 47.4. The monoisotopic (exact) mass is 1250 g/mol. The Labute approximate surface area is 522 Å². The second kappa shape index (κ2) is 36.1. The van der Waals surface area contributed by atoms with Crippen LogP contribution in [0.4, 0.5) is 0 Å². The number of rotatable bonds is 37. The SMILES string of the molecule is CCCCOc1cc(C(=O)OC2[C@H](OC)OC3COC(=O)c4cc(O)c(OCCCC)c(O)c4-c4c(cc(O)c(OCCCC)c4O)C(=O)O[C@H]3[C@@H]2OC(=O)c2cc(OCCCC)c(OCCCC)c(OCCCC)c2)cc(OCCCC)c1OCCCC. The summed E-state index contributed by atoms with van der Waals surface area (Å²) in [5.41, 5.74) is -2.69. The van der Waals surface area contributed by atoms with Gasteiger partial charge >= 0.3 is 23.9 Å². The Hall–Kier alpha value is -7.72. The van der Waals surface area contributed by atoms with Crippen LogP contribution >= 0.6 is 0 Å².